The van der Waals surface area contributed by atoms with Crippen molar-refractivity contribution >= 4 is 17.7 Å². The molecule has 0 N–H and O–H groups in total. The lowest BCUT2D eigenvalue weighted by atomic mass is 10.1. The van der Waals surface area contributed by atoms with Gasteiger partial charge in [0.25, 0.3) is 0 Å². The fourth-order valence-electron chi connectivity index (χ4n) is 3.52. The van der Waals surface area contributed by atoms with E-state index in [9.17, 15) is 18.0 Å². The molecule has 1 fully saturated rings. The molecular formula is C22H25F3N2OS. The van der Waals surface area contributed by atoms with E-state index in [-0.39, 0.29) is 41.7 Å². The Hall–Kier alpha value is -1.99. The third-order valence-electron chi connectivity index (χ3n) is 4.79. The van der Waals surface area contributed by atoms with Crippen LogP contribution in [0.3, 0.4) is 0 Å². The van der Waals surface area contributed by atoms with Gasteiger partial charge in [-0.1, -0.05) is 32.0 Å². The number of thioether (sulfide) groups is 1. The molecule has 0 saturated carbocycles. The molecule has 2 aromatic carbocycles. The molecule has 3 rings (SSSR count). The zero-order valence-corrected chi connectivity index (χ0v) is 17.4. The van der Waals surface area contributed by atoms with Crippen molar-refractivity contribution < 1.29 is 18.0 Å². The molecule has 7 heteroatoms. The molecule has 156 valence electrons. The zero-order valence-electron chi connectivity index (χ0n) is 16.6. The Balaban J connectivity index is 1.74. The van der Waals surface area contributed by atoms with Crippen molar-refractivity contribution in [2.45, 2.75) is 25.8 Å². The molecule has 1 amide bonds. The first-order valence-corrected chi connectivity index (χ1v) is 10.7. The van der Waals surface area contributed by atoms with Crippen LogP contribution in [0.4, 0.5) is 13.2 Å². The second-order valence-corrected chi connectivity index (χ2v) is 8.81. The smallest absolute Gasteiger partial charge is 0.237 e. The number of halogens is 3. The van der Waals surface area contributed by atoms with Crippen LogP contribution in [-0.4, -0.2) is 41.1 Å². The van der Waals surface area contributed by atoms with Gasteiger partial charge in [0.15, 0.2) is 0 Å². The van der Waals surface area contributed by atoms with Crippen molar-refractivity contribution in [2.24, 2.45) is 5.92 Å². The number of amides is 1. The predicted molar refractivity (Wildman–Crippen MR) is 110 cm³/mol. The second-order valence-electron chi connectivity index (χ2n) is 7.63. The molecule has 0 aliphatic carbocycles. The first-order valence-electron chi connectivity index (χ1n) is 9.67. The Bertz CT molecular complexity index is 824. The summed E-state index contributed by atoms with van der Waals surface area (Å²) in [6.45, 7) is 5.25. The monoisotopic (exact) mass is 422 g/mol. The van der Waals surface area contributed by atoms with Crippen LogP contribution in [0.5, 0.6) is 0 Å². The maximum atomic E-state index is 14.1. The molecule has 29 heavy (non-hydrogen) atoms. The van der Waals surface area contributed by atoms with Crippen molar-refractivity contribution in [3.63, 3.8) is 0 Å². The first kappa shape index (κ1) is 21.7. The van der Waals surface area contributed by atoms with Gasteiger partial charge in [0.1, 0.15) is 22.8 Å². The first-order chi connectivity index (χ1) is 13.8. The van der Waals surface area contributed by atoms with Crippen LogP contribution in [0, 0.1) is 23.4 Å². The van der Waals surface area contributed by atoms with Gasteiger partial charge in [-0.25, -0.2) is 13.2 Å². The molecule has 1 saturated heterocycles. The molecule has 0 aromatic heterocycles. The minimum Gasteiger partial charge on any atom is -0.325 e. The van der Waals surface area contributed by atoms with Gasteiger partial charge in [0, 0.05) is 31.0 Å². The normalized spacial score (nSPS) is 16.8. The van der Waals surface area contributed by atoms with Crippen molar-refractivity contribution in [2.75, 3.05) is 25.4 Å². The average Bonchev–Trinajstić information content (AvgIpc) is 3.15. The van der Waals surface area contributed by atoms with Crippen LogP contribution in [0.2, 0.25) is 0 Å². The zero-order chi connectivity index (χ0) is 21.0. The van der Waals surface area contributed by atoms with Crippen LogP contribution in [-0.2, 0) is 11.3 Å². The SMILES string of the molecule is CC(C)CN(CC(=O)N1CCSC1c1ccc(F)cc1)Cc1c(F)cccc1F. The molecule has 0 spiro atoms. The van der Waals surface area contributed by atoms with Crippen LogP contribution in [0.15, 0.2) is 42.5 Å². The second kappa shape index (κ2) is 9.67. The summed E-state index contributed by atoms with van der Waals surface area (Å²) in [6.07, 6.45) is 0. The van der Waals surface area contributed by atoms with Crippen molar-refractivity contribution in [3.05, 3.63) is 71.0 Å². The Morgan fingerprint density at radius 1 is 1.14 bits per heavy atom. The van der Waals surface area contributed by atoms with Crippen LogP contribution >= 0.6 is 11.8 Å². The standard InChI is InChI=1S/C22H25F3N2OS/c1-15(2)12-26(13-18-19(24)4-3-5-20(18)25)14-21(28)27-10-11-29-22(27)16-6-8-17(23)9-7-16/h3-9,15,22H,10-14H2,1-2H3. The third-order valence-corrected chi connectivity index (χ3v) is 6.05. The highest BCUT2D eigenvalue weighted by Gasteiger charge is 2.31. The summed E-state index contributed by atoms with van der Waals surface area (Å²) in [7, 11) is 0. The number of rotatable bonds is 7. The van der Waals surface area contributed by atoms with Crippen LogP contribution < -0.4 is 0 Å². The summed E-state index contributed by atoms with van der Waals surface area (Å²) in [4.78, 5) is 16.6. The van der Waals surface area contributed by atoms with E-state index >= 15 is 0 Å². The quantitative estimate of drug-likeness (QED) is 0.638. The minimum absolute atomic E-state index is 0.0215. The number of hydrogen-bond acceptors (Lipinski definition) is 3. The molecule has 1 atom stereocenters. The highest BCUT2D eigenvalue weighted by molar-refractivity contribution is 7.99. The maximum absolute atomic E-state index is 14.1. The van der Waals surface area contributed by atoms with E-state index in [1.54, 1.807) is 33.7 Å². The predicted octanol–water partition coefficient (Wildman–Crippen LogP) is 4.84. The van der Waals surface area contributed by atoms with Gasteiger partial charge in [0.05, 0.1) is 6.54 Å². The minimum atomic E-state index is -0.605. The topological polar surface area (TPSA) is 23.6 Å². The average molecular weight is 423 g/mol. The van der Waals surface area contributed by atoms with Crippen LogP contribution in [0.1, 0.15) is 30.3 Å². The summed E-state index contributed by atoms with van der Waals surface area (Å²) >= 11 is 1.63. The lowest BCUT2D eigenvalue weighted by molar-refractivity contribution is -0.132. The molecule has 3 nitrogen and oxygen atoms in total. The van der Waals surface area contributed by atoms with E-state index in [0.717, 1.165) is 11.3 Å². The van der Waals surface area contributed by atoms with Crippen molar-refractivity contribution in [1.82, 2.24) is 9.80 Å². The molecule has 0 radical (unpaired) electrons. The highest BCUT2D eigenvalue weighted by Crippen LogP contribution is 2.38. The van der Waals surface area contributed by atoms with E-state index < -0.39 is 11.6 Å². The third kappa shape index (κ3) is 5.54. The number of benzene rings is 2. The maximum Gasteiger partial charge on any atom is 0.237 e. The molecule has 2 aromatic rings. The molecule has 1 aliphatic rings. The van der Waals surface area contributed by atoms with Crippen LogP contribution in [0.25, 0.3) is 0 Å². The molecule has 1 unspecified atom stereocenters. The van der Waals surface area contributed by atoms with Crippen molar-refractivity contribution in [3.8, 4) is 0 Å². The number of hydrogen-bond donors (Lipinski definition) is 0. The Morgan fingerprint density at radius 3 is 2.41 bits per heavy atom. The van der Waals surface area contributed by atoms with E-state index in [2.05, 4.69) is 0 Å². The largest absolute Gasteiger partial charge is 0.325 e. The van der Waals surface area contributed by atoms with E-state index in [0.29, 0.717) is 13.1 Å². The summed E-state index contributed by atoms with van der Waals surface area (Å²) in [5, 5.41) is -0.172. The van der Waals surface area contributed by atoms with Crippen molar-refractivity contribution in [1.29, 1.82) is 0 Å². The summed E-state index contributed by atoms with van der Waals surface area (Å²) in [6, 6.07) is 9.97. The fourth-order valence-corrected chi connectivity index (χ4v) is 4.80. The fraction of sp³-hybridized carbons (Fsp3) is 0.409. The molecule has 0 bridgehead atoms. The Morgan fingerprint density at radius 2 is 1.79 bits per heavy atom. The van der Waals surface area contributed by atoms with E-state index in [1.807, 2.05) is 13.8 Å². The van der Waals surface area contributed by atoms with Gasteiger partial charge in [-0.15, -0.1) is 11.8 Å². The summed E-state index contributed by atoms with van der Waals surface area (Å²) in [5.74, 6) is -0.594. The summed E-state index contributed by atoms with van der Waals surface area (Å²) < 4.78 is 41.5. The lowest BCUT2D eigenvalue weighted by Crippen LogP contribution is -2.41. The molecular weight excluding hydrogens is 397 g/mol. The van der Waals surface area contributed by atoms with Gasteiger partial charge in [0.2, 0.25) is 5.91 Å². The molecule has 1 aliphatic heterocycles. The number of nitrogens with zero attached hydrogens (tertiary/aromatic N) is 2. The number of carbonyl (C=O) groups excluding carboxylic acids is 1. The molecule has 1 heterocycles. The Kier molecular flexibility index (Phi) is 7.24. The Labute approximate surface area is 173 Å². The number of carbonyl (C=O) groups is 1. The van der Waals surface area contributed by atoms with E-state index in [4.69, 9.17) is 0 Å². The lowest BCUT2D eigenvalue weighted by Gasteiger charge is -2.29. The van der Waals surface area contributed by atoms with Gasteiger partial charge in [-0.3, -0.25) is 9.69 Å². The van der Waals surface area contributed by atoms with Gasteiger partial charge in [-0.05, 0) is 35.7 Å². The van der Waals surface area contributed by atoms with Gasteiger partial charge >= 0.3 is 0 Å². The highest BCUT2D eigenvalue weighted by atomic mass is 32.2. The van der Waals surface area contributed by atoms with Gasteiger partial charge in [-0.2, -0.15) is 0 Å². The summed E-state index contributed by atoms with van der Waals surface area (Å²) in [5.41, 5.74) is 0.852. The van der Waals surface area contributed by atoms with Gasteiger partial charge < -0.3 is 4.90 Å². The van der Waals surface area contributed by atoms with E-state index in [1.165, 1.54) is 30.3 Å².